The summed E-state index contributed by atoms with van der Waals surface area (Å²) in [4.78, 5) is 30.9. The van der Waals surface area contributed by atoms with Crippen molar-refractivity contribution in [3.63, 3.8) is 0 Å². The van der Waals surface area contributed by atoms with Gasteiger partial charge in [0.05, 0.1) is 5.69 Å². The molecule has 11 nitrogen and oxygen atoms in total. The van der Waals surface area contributed by atoms with E-state index in [1.165, 1.54) is 11.6 Å². The van der Waals surface area contributed by atoms with Gasteiger partial charge in [0, 0.05) is 25.7 Å². The van der Waals surface area contributed by atoms with Crippen molar-refractivity contribution in [2.45, 2.75) is 13.1 Å². The molecule has 4 N–H and O–H groups in total. The summed E-state index contributed by atoms with van der Waals surface area (Å²) >= 11 is 0. The topological polar surface area (TPSA) is 145 Å². The van der Waals surface area contributed by atoms with E-state index in [9.17, 15) is 10.1 Å². The molecule has 0 aliphatic heterocycles. The van der Waals surface area contributed by atoms with Crippen LogP contribution in [0.3, 0.4) is 0 Å². The maximum Gasteiger partial charge on any atom is 0.273 e. The Morgan fingerprint density at radius 2 is 1.20 bits per heavy atom. The van der Waals surface area contributed by atoms with Gasteiger partial charge in [0.25, 0.3) is 5.56 Å². The molecule has 0 saturated heterocycles. The Balaban J connectivity index is 1.41. The van der Waals surface area contributed by atoms with Crippen LogP contribution in [-0.2, 0) is 20.1 Å². The summed E-state index contributed by atoms with van der Waals surface area (Å²) in [6.07, 6.45) is 0. The maximum atomic E-state index is 12.9. The van der Waals surface area contributed by atoms with Gasteiger partial charge < -0.3 is 10.6 Å². The normalized spacial score (nSPS) is 10.4. The first kappa shape index (κ1) is 25.9. The summed E-state index contributed by atoms with van der Waals surface area (Å²) in [7, 11) is 1.53. The second-order valence-corrected chi connectivity index (χ2v) is 8.74. The minimum atomic E-state index is -0.480. The quantitative estimate of drug-likeness (QED) is 0.194. The van der Waals surface area contributed by atoms with E-state index in [0.29, 0.717) is 30.5 Å². The average molecular weight is 531 g/mol. The first-order valence-corrected chi connectivity index (χ1v) is 12.5. The summed E-state index contributed by atoms with van der Waals surface area (Å²) in [5.74, 6) is 1.08. The van der Waals surface area contributed by atoms with Gasteiger partial charge in [-0.2, -0.15) is 20.2 Å². The summed E-state index contributed by atoms with van der Waals surface area (Å²) in [5.41, 5.74) is 8.39. The fourth-order valence-corrected chi connectivity index (χ4v) is 3.88. The van der Waals surface area contributed by atoms with Crippen LogP contribution in [0.4, 0.5) is 23.8 Å². The van der Waals surface area contributed by atoms with E-state index in [2.05, 4.69) is 41.4 Å². The first-order valence-electron chi connectivity index (χ1n) is 12.5. The largest absolute Gasteiger partial charge is 0.350 e. The fourth-order valence-electron chi connectivity index (χ4n) is 3.88. The fraction of sp³-hybridized carbons (Fsp3) is 0.103. The van der Waals surface area contributed by atoms with Gasteiger partial charge >= 0.3 is 0 Å². The number of hydrazine groups is 1. The standard InChI is InChI=1S/C29H26N10O/c1-39-25(40)23(17-30)24(22-15-9-4-10-16-22)33-29(39)38-37-28-35-26(31-18-20-11-5-2-6-12-20)34-27(36-28)32-19-21-13-7-3-8-14-21/h2-16H,18-19H2,1H3,(H,33,38)(H3,31,32,34,35,36,37). The SMILES string of the molecule is Cn1c(NNc2nc(NCc3ccccc3)nc(NCc3ccccc3)n2)nc(-c2ccccc2)c(C#N)c1=O. The lowest BCUT2D eigenvalue weighted by atomic mass is 10.1. The molecule has 0 saturated carbocycles. The molecule has 40 heavy (non-hydrogen) atoms. The van der Waals surface area contributed by atoms with Gasteiger partial charge in [0.2, 0.25) is 23.8 Å². The van der Waals surface area contributed by atoms with Gasteiger partial charge in [0.1, 0.15) is 11.6 Å². The lowest BCUT2D eigenvalue weighted by molar-refractivity contribution is 0.828. The molecule has 0 radical (unpaired) electrons. The molecule has 3 aromatic carbocycles. The van der Waals surface area contributed by atoms with Crippen LogP contribution >= 0.6 is 0 Å². The van der Waals surface area contributed by atoms with Crippen LogP contribution in [0.1, 0.15) is 16.7 Å². The van der Waals surface area contributed by atoms with E-state index in [0.717, 1.165) is 11.1 Å². The van der Waals surface area contributed by atoms with Crippen molar-refractivity contribution in [1.29, 1.82) is 5.26 Å². The van der Waals surface area contributed by atoms with Gasteiger partial charge in [-0.25, -0.2) is 4.98 Å². The molecule has 0 bridgehead atoms. The Kier molecular flexibility index (Phi) is 7.88. The van der Waals surface area contributed by atoms with E-state index < -0.39 is 5.56 Å². The molecular weight excluding hydrogens is 504 g/mol. The molecule has 0 spiro atoms. The average Bonchev–Trinajstić information content (AvgIpc) is 3.01. The zero-order chi connectivity index (χ0) is 27.7. The second-order valence-electron chi connectivity index (χ2n) is 8.74. The highest BCUT2D eigenvalue weighted by Crippen LogP contribution is 2.20. The lowest BCUT2D eigenvalue weighted by Crippen LogP contribution is -2.27. The van der Waals surface area contributed by atoms with Gasteiger partial charge in [-0.3, -0.25) is 20.2 Å². The number of rotatable bonds is 10. The Hall–Kier alpha value is -5.76. The molecule has 5 aromatic rings. The number of nitriles is 1. The molecule has 0 aliphatic rings. The zero-order valence-electron chi connectivity index (χ0n) is 21.7. The van der Waals surface area contributed by atoms with Crippen LogP contribution in [0.15, 0.2) is 95.8 Å². The monoisotopic (exact) mass is 530 g/mol. The first-order chi connectivity index (χ1) is 19.6. The summed E-state index contributed by atoms with van der Waals surface area (Å²) in [6, 6.07) is 30.9. The Bertz CT molecular complexity index is 1620. The molecule has 2 heterocycles. The van der Waals surface area contributed by atoms with E-state index in [1.807, 2.05) is 84.9 Å². The lowest BCUT2D eigenvalue weighted by Gasteiger charge is -2.15. The summed E-state index contributed by atoms with van der Waals surface area (Å²) < 4.78 is 1.25. The number of nitrogens with zero attached hydrogens (tertiary/aromatic N) is 6. The number of hydrogen-bond donors (Lipinski definition) is 4. The molecule has 11 heteroatoms. The molecular formula is C29H26N10O. The highest BCUT2D eigenvalue weighted by atomic mass is 16.1. The third kappa shape index (κ3) is 6.20. The Labute approximate surface area is 230 Å². The highest BCUT2D eigenvalue weighted by molar-refractivity contribution is 5.67. The molecule has 0 fully saturated rings. The Morgan fingerprint density at radius 3 is 1.73 bits per heavy atom. The van der Waals surface area contributed by atoms with Gasteiger partial charge in [-0.05, 0) is 11.1 Å². The summed E-state index contributed by atoms with van der Waals surface area (Å²) in [6.45, 7) is 1.03. The zero-order valence-corrected chi connectivity index (χ0v) is 21.7. The van der Waals surface area contributed by atoms with Crippen LogP contribution in [0.2, 0.25) is 0 Å². The van der Waals surface area contributed by atoms with Crippen molar-refractivity contribution < 1.29 is 0 Å². The number of hydrogen-bond acceptors (Lipinski definition) is 10. The third-order valence-electron chi connectivity index (χ3n) is 5.96. The van der Waals surface area contributed by atoms with Crippen molar-refractivity contribution in [2.24, 2.45) is 7.05 Å². The van der Waals surface area contributed by atoms with E-state index >= 15 is 0 Å². The van der Waals surface area contributed by atoms with Gasteiger partial charge in [-0.1, -0.05) is 91.0 Å². The third-order valence-corrected chi connectivity index (χ3v) is 5.96. The summed E-state index contributed by atoms with van der Waals surface area (Å²) in [5, 5.41) is 16.1. The second kappa shape index (κ2) is 12.2. The van der Waals surface area contributed by atoms with E-state index in [-0.39, 0.29) is 23.2 Å². The van der Waals surface area contributed by atoms with Crippen molar-refractivity contribution in [2.75, 3.05) is 21.5 Å². The minimum absolute atomic E-state index is 0.0424. The predicted molar refractivity (Wildman–Crippen MR) is 154 cm³/mol. The van der Waals surface area contributed by atoms with Crippen molar-refractivity contribution in [3.8, 4) is 17.3 Å². The Morgan fingerprint density at radius 1 is 0.700 bits per heavy atom. The highest BCUT2D eigenvalue weighted by Gasteiger charge is 2.16. The van der Waals surface area contributed by atoms with Crippen molar-refractivity contribution in [1.82, 2.24) is 24.5 Å². The van der Waals surface area contributed by atoms with Crippen LogP contribution in [0.5, 0.6) is 0 Å². The smallest absolute Gasteiger partial charge is 0.273 e. The molecule has 198 valence electrons. The number of anilines is 4. The molecule has 0 aliphatic carbocycles. The van der Waals surface area contributed by atoms with Crippen molar-refractivity contribution >= 4 is 23.8 Å². The van der Waals surface area contributed by atoms with Crippen LogP contribution in [0.25, 0.3) is 11.3 Å². The molecule has 5 rings (SSSR count). The van der Waals surface area contributed by atoms with Crippen molar-refractivity contribution in [3.05, 3.63) is 118 Å². The number of aromatic nitrogens is 5. The molecule has 2 aromatic heterocycles. The molecule has 0 atom stereocenters. The van der Waals surface area contributed by atoms with Crippen LogP contribution in [-0.4, -0.2) is 24.5 Å². The van der Waals surface area contributed by atoms with E-state index in [1.54, 1.807) is 12.1 Å². The maximum absolute atomic E-state index is 12.9. The number of benzene rings is 3. The predicted octanol–water partition coefficient (Wildman–Crippen LogP) is 4.17. The number of nitrogens with one attached hydrogen (secondary N) is 4. The molecule has 0 amide bonds. The van der Waals surface area contributed by atoms with Gasteiger partial charge in [-0.15, -0.1) is 0 Å². The van der Waals surface area contributed by atoms with Crippen LogP contribution in [0, 0.1) is 11.3 Å². The van der Waals surface area contributed by atoms with Gasteiger partial charge in [0.15, 0.2) is 0 Å². The van der Waals surface area contributed by atoms with E-state index in [4.69, 9.17) is 0 Å². The van der Waals surface area contributed by atoms with Crippen LogP contribution < -0.4 is 27.0 Å². The molecule has 0 unspecified atom stereocenters. The minimum Gasteiger partial charge on any atom is -0.350 e.